The fourth-order valence-corrected chi connectivity index (χ4v) is 1.37. The molecule has 1 atom stereocenters. The van der Waals surface area contributed by atoms with Gasteiger partial charge < -0.3 is 10.1 Å². The Kier molecular flexibility index (Phi) is 4.81. The van der Waals surface area contributed by atoms with Crippen LogP contribution in [0.15, 0.2) is 24.3 Å². The van der Waals surface area contributed by atoms with Gasteiger partial charge in [0.15, 0.2) is 0 Å². The second-order valence-corrected chi connectivity index (χ2v) is 3.57. The number of benzene rings is 1. The molecular formula is C12H16F3NO. The number of alkyl halides is 3. The summed E-state index contributed by atoms with van der Waals surface area (Å²) in [6, 6.07) is 6.83. The first-order valence-corrected chi connectivity index (χ1v) is 5.51. The van der Waals surface area contributed by atoms with Gasteiger partial charge in [0.05, 0.1) is 0 Å². The van der Waals surface area contributed by atoms with Crippen molar-refractivity contribution >= 4 is 5.69 Å². The lowest BCUT2D eigenvalue weighted by Gasteiger charge is -2.22. The first kappa shape index (κ1) is 13.8. The van der Waals surface area contributed by atoms with Gasteiger partial charge in [0.2, 0.25) is 6.23 Å². The Morgan fingerprint density at radius 2 is 1.76 bits per heavy atom. The van der Waals surface area contributed by atoms with Gasteiger partial charge >= 0.3 is 6.18 Å². The van der Waals surface area contributed by atoms with Crippen molar-refractivity contribution in [3.63, 3.8) is 0 Å². The molecule has 0 amide bonds. The number of hydrogen-bond acceptors (Lipinski definition) is 2. The first-order chi connectivity index (χ1) is 7.97. The second kappa shape index (κ2) is 5.91. The van der Waals surface area contributed by atoms with Crippen LogP contribution < -0.4 is 5.32 Å². The van der Waals surface area contributed by atoms with Gasteiger partial charge in [-0.2, -0.15) is 13.2 Å². The van der Waals surface area contributed by atoms with Crippen molar-refractivity contribution in [2.24, 2.45) is 0 Å². The zero-order valence-electron chi connectivity index (χ0n) is 9.84. The minimum Gasteiger partial charge on any atom is -0.353 e. The third-order valence-electron chi connectivity index (χ3n) is 2.29. The number of halogens is 3. The van der Waals surface area contributed by atoms with Crippen LogP contribution in [0.25, 0.3) is 0 Å². The molecule has 0 aliphatic rings. The Balaban J connectivity index is 2.72. The lowest BCUT2D eigenvalue weighted by atomic mass is 10.1. The molecule has 0 saturated heterocycles. The predicted molar refractivity (Wildman–Crippen MR) is 60.9 cm³/mol. The molecule has 5 heteroatoms. The van der Waals surface area contributed by atoms with Gasteiger partial charge in [-0.1, -0.05) is 19.1 Å². The lowest BCUT2D eigenvalue weighted by molar-refractivity contribution is -0.209. The minimum atomic E-state index is -4.42. The summed E-state index contributed by atoms with van der Waals surface area (Å²) < 4.78 is 42.3. The third kappa shape index (κ3) is 4.26. The number of hydrogen-bond donors (Lipinski definition) is 1. The number of nitrogens with one attached hydrogen (secondary N) is 1. The van der Waals surface area contributed by atoms with E-state index in [-0.39, 0.29) is 6.61 Å². The molecule has 17 heavy (non-hydrogen) atoms. The van der Waals surface area contributed by atoms with Crippen LogP contribution in [-0.2, 0) is 11.2 Å². The van der Waals surface area contributed by atoms with Crippen LogP contribution >= 0.6 is 0 Å². The zero-order valence-corrected chi connectivity index (χ0v) is 9.84. The highest BCUT2D eigenvalue weighted by Gasteiger charge is 2.40. The van der Waals surface area contributed by atoms with Gasteiger partial charge in [-0.15, -0.1) is 0 Å². The van der Waals surface area contributed by atoms with Crippen LogP contribution in [0.3, 0.4) is 0 Å². The van der Waals surface area contributed by atoms with Crippen LogP contribution in [0.2, 0.25) is 0 Å². The fraction of sp³-hybridized carbons (Fsp3) is 0.500. The fourth-order valence-electron chi connectivity index (χ4n) is 1.37. The van der Waals surface area contributed by atoms with Crippen LogP contribution in [0.5, 0.6) is 0 Å². The summed E-state index contributed by atoms with van der Waals surface area (Å²) >= 11 is 0. The smallest absolute Gasteiger partial charge is 0.353 e. The van der Waals surface area contributed by atoms with E-state index in [9.17, 15) is 13.2 Å². The summed E-state index contributed by atoms with van der Waals surface area (Å²) in [5, 5.41) is 2.32. The molecule has 0 spiro atoms. The van der Waals surface area contributed by atoms with Crippen LogP contribution in [0.4, 0.5) is 18.9 Å². The van der Waals surface area contributed by atoms with E-state index in [0.29, 0.717) is 5.69 Å². The monoisotopic (exact) mass is 247 g/mol. The Labute approximate surface area is 98.8 Å². The van der Waals surface area contributed by atoms with Crippen LogP contribution in [0.1, 0.15) is 19.4 Å². The van der Waals surface area contributed by atoms with Crippen molar-refractivity contribution < 1.29 is 17.9 Å². The van der Waals surface area contributed by atoms with E-state index in [1.165, 1.54) is 6.92 Å². The molecule has 2 nitrogen and oxygen atoms in total. The van der Waals surface area contributed by atoms with Crippen molar-refractivity contribution in [2.75, 3.05) is 11.9 Å². The predicted octanol–water partition coefficient (Wildman–Crippen LogP) is 3.59. The van der Waals surface area contributed by atoms with Gasteiger partial charge in [0.25, 0.3) is 0 Å². The number of anilines is 1. The molecule has 1 N–H and O–H groups in total. The highest BCUT2D eigenvalue weighted by molar-refractivity contribution is 5.45. The van der Waals surface area contributed by atoms with Crippen molar-refractivity contribution in [2.45, 2.75) is 32.7 Å². The molecule has 0 saturated carbocycles. The minimum absolute atomic E-state index is 0.00419. The molecule has 0 heterocycles. The molecule has 0 fully saturated rings. The SMILES string of the molecule is CCOC(Nc1ccc(CC)cc1)C(F)(F)F. The molecule has 96 valence electrons. The Morgan fingerprint density at radius 1 is 1.18 bits per heavy atom. The van der Waals surface area contributed by atoms with E-state index in [0.717, 1.165) is 12.0 Å². The van der Waals surface area contributed by atoms with Crippen molar-refractivity contribution in [1.82, 2.24) is 0 Å². The van der Waals surface area contributed by atoms with Crippen molar-refractivity contribution in [3.05, 3.63) is 29.8 Å². The molecule has 1 rings (SSSR count). The first-order valence-electron chi connectivity index (χ1n) is 5.51. The van der Waals surface area contributed by atoms with Gasteiger partial charge in [0.1, 0.15) is 0 Å². The van der Waals surface area contributed by atoms with E-state index in [4.69, 9.17) is 0 Å². The van der Waals surface area contributed by atoms with E-state index in [1.807, 2.05) is 6.92 Å². The van der Waals surface area contributed by atoms with E-state index in [1.54, 1.807) is 24.3 Å². The summed E-state index contributed by atoms with van der Waals surface area (Å²) in [4.78, 5) is 0. The topological polar surface area (TPSA) is 21.3 Å². The lowest BCUT2D eigenvalue weighted by Crippen LogP contribution is -2.38. The number of rotatable bonds is 5. The van der Waals surface area contributed by atoms with Crippen molar-refractivity contribution in [3.8, 4) is 0 Å². The largest absolute Gasteiger partial charge is 0.433 e. The average molecular weight is 247 g/mol. The standard InChI is InChI=1S/C12H16F3NO/c1-3-9-5-7-10(8-6-9)16-11(17-4-2)12(13,14)15/h5-8,11,16H,3-4H2,1-2H3. The maximum Gasteiger partial charge on any atom is 0.433 e. The molecule has 1 unspecified atom stereocenters. The van der Waals surface area contributed by atoms with Gasteiger partial charge in [0, 0.05) is 12.3 Å². The summed E-state index contributed by atoms with van der Waals surface area (Å²) in [5.74, 6) is 0. The summed E-state index contributed by atoms with van der Waals surface area (Å²) in [5.41, 5.74) is 1.48. The van der Waals surface area contributed by atoms with Crippen molar-refractivity contribution in [1.29, 1.82) is 0 Å². The Hall–Kier alpha value is -1.23. The molecule has 0 aliphatic heterocycles. The molecular weight excluding hydrogens is 231 g/mol. The quantitative estimate of drug-likeness (QED) is 0.803. The third-order valence-corrected chi connectivity index (χ3v) is 2.29. The number of ether oxygens (including phenoxy) is 1. The Bertz CT molecular complexity index is 335. The molecule has 0 aromatic heterocycles. The number of aryl methyl sites for hydroxylation is 1. The van der Waals surface area contributed by atoms with Gasteiger partial charge in [-0.05, 0) is 31.0 Å². The van der Waals surface area contributed by atoms with Crippen LogP contribution in [-0.4, -0.2) is 19.0 Å². The van der Waals surface area contributed by atoms with E-state index >= 15 is 0 Å². The second-order valence-electron chi connectivity index (χ2n) is 3.57. The molecule has 1 aromatic carbocycles. The van der Waals surface area contributed by atoms with Gasteiger partial charge in [-0.25, -0.2) is 0 Å². The van der Waals surface area contributed by atoms with Crippen LogP contribution in [0, 0.1) is 0 Å². The maximum atomic E-state index is 12.6. The summed E-state index contributed by atoms with van der Waals surface area (Å²) in [6.45, 7) is 3.52. The van der Waals surface area contributed by atoms with E-state index < -0.39 is 12.4 Å². The molecule has 0 radical (unpaired) electrons. The van der Waals surface area contributed by atoms with E-state index in [2.05, 4.69) is 10.1 Å². The summed E-state index contributed by atoms with van der Waals surface area (Å²) in [6.07, 6.45) is -5.52. The highest BCUT2D eigenvalue weighted by atomic mass is 19.4. The van der Waals surface area contributed by atoms with Gasteiger partial charge in [-0.3, -0.25) is 0 Å². The Morgan fingerprint density at radius 3 is 2.18 bits per heavy atom. The molecule has 0 bridgehead atoms. The highest BCUT2D eigenvalue weighted by Crippen LogP contribution is 2.24. The average Bonchev–Trinajstić information content (AvgIpc) is 2.28. The zero-order chi connectivity index (χ0) is 12.9. The molecule has 0 aliphatic carbocycles. The normalized spacial score (nSPS) is 13.5. The summed E-state index contributed by atoms with van der Waals surface area (Å²) in [7, 11) is 0. The maximum absolute atomic E-state index is 12.6. The molecule has 1 aromatic rings.